The summed E-state index contributed by atoms with van der Waals surface area (Å²) in [4.78, 5) is 3.87. The number of nitrogens with zero attached hydrogens (tertiary/aromatic N) is 2. The summed E-state index contributed by atoms with van der Waals surface area (Å²) >= 11 is 0. The third-order valence-corrected chi connectivity index (χ3v) is 12.0. The van der Waals surface area contributed by atoms with Crippen molar-refractivity contribution in [1.29, 1.82) is 5.41 Å². The van der Waals surface area contributed by atoms with Crippen LogP contribution in [0.1, 0.15) is 90.4 Å². The van der Waals surface area contributed by atoms with Crippen LogP contribution < -0.4 is 11.1 Å². The molecule has 38 heavy (non-hydrogen) atoms. The maximum atomic E-state index is 13.7. The average Bonchev–Trinajstić information content (AvgIpc) is 3.34. The van der Waals surface area contributed by atoms with Crippen LogP contribution in [0, 0.1) is 34.5 Å². The first-order valence-corrected chi connectivity index (χ1v) is 16.4. The number of hydrogen-bond acceptors (Lipinski definition) is 6. The van der Waals surface area contributed by atoms with E-state index in [1.54, 1.807) is 17.6 Å². The molecule has 4 aliphatic rings. The van der Waals surface area contributed by atoms with Gasteiger partial charge in [0.15, 0.2) is 0 Å². The Labute approximate surface area is 229 Å². The Morgan fingerprint density at radius 3 is 2.53 bits per heavy atom. The fourth-order valence-corrected chi connectivity index (χ4v) is 9.50. The lowest BCUT2D eigenvalue weighted by Gasteiger charge is -2.50. The number of sulfonamides is 1. The molecule has 4 rings (SSSR count). The molecule has 3 aliphatic carbocycles. The minimum absolute atomic E-state index is 0.0911. The summed E-state index contributed by atoms with van der Waals surface area (Å²) < 4.78 is 42.1. The van der Waals surface area contributed by atoms with Gasteiger partial charge in [0.2, 0.25) is 0 Å². The SMILES string of the molecule is CN=CC=C(N)S(=O)(=O)N1CCC(CC2CCCCC2)(C2CC(C=N)C(NC3CCC(F)CC3)CC2C)C1. The molecular formula is C29H50FN5O2S. The van der Waals surface area contributed by atoms with Crippen LogP contribution in [-0.2, 0) is 10.0 Å². The van der Waals surface area contributed by atoms with Crippen molar-refractivity contribution in [1.82, 2.24) is 9.62 Å². The number of alkyl halides is 1. The van der Waals surface area contributed by atoms with Crippen molar-refractivity contribution in [2.45, 2.75) is 109 Å². The van der Waals surface area contributed by atoms with Gasteiger partial charge in [0.05, 0.1) is 0 Å². The van der Waals surface area contributed by atoms with Crippen molar-refractivity contribution in [3.05, 3.63) is 11.1 Å². The van der Waals surface area contributed by atoms with Gasteiger partial charge in [-0.2, -0.15) is 4.31 Å². The van der Waals surface area contributed by atoms with E-state index in [0.717, 1.165) is 38.5 Å². The van der Waals surface area contributed by atoms with Gasteiger partial charge in [0.25, 0.3) is 10.0 Å². The van der Waals surface area contributed by atoms with Gasteiger partial charge in [-0.1, -0.05) is 39.0 Å². The van der Waals surface area contributed by atoms with Crippen LogP contribution in [0.5, 0.6) is 0 Å². The molecule has 0 amide bonds. The minimum atomic E-state index is -3.74. The van der Waals surface area contributed by atoms with E-state index in [0.29, 0.717) is 49.7 Å². The molecule has 9 heteroatoms. The van der Waals surface area contributed by atoms with Crippen LogP contribution in [0.25, 0.3) is 0 Å². The van der Waals surface area contributed by atoms with Gasteiger partial charge < -0.3 is 16.5 Å². The Morgan fingerprint density at radius 1 is 1.16 bits per heavy atom. The molecule has 5 atom stereocenters. The molecule has 0 aromatic carbocycles. The van der Waals surface area contributed by atoms with Gasteiger partial charge in [0, 0.05) is 44.4 Å². The molecule has 0 radical (unpaired) electrons. The highest BCUT2D eigenvalue weighted by Crippen LogP contribution is 2.54. The number of nitrogens with one attached hydrogen (secondary N) is 2. The average molecular weight is 552 g/mol. The quantitative estimate of drug-likeness (QED) is 0.349. The third-order valence-electron chi connectivity index (χ3n) is 10.3. The van der Waals surface area contributed by atoms with Gasteiger partial charge in [-0.15, -0.1) is 0 Å². The topological polar surface area (TPSA) is 112 Å². The van der Waals surface area contributed by atoms with Crippen molar-refractivity contribution in [3.63, 3.8) is 0 Å². The minimum Gasteiger partial charge on any atom is -0.388 e. The molecule has 4 N–H and O–H groups in total. The van der Waals surface area contributed by atoms with Crippen molar-refractivity contribution in [2.24, 2.45) is 39.8 Å². The lowest BCUT2D eigenvalue weighted by molar-refractivity contribution is 0.0265. The number of hydrogen-bond donors (Lipinski definition) is 3. The van der Waals surface area contributed by atoms with E-state index in [1.165, 1.54) is 44.4 Å². The summed E-state index contributed by atoms with van der Waals surface area (Å²) in [5.41, 5.74) is 5.94. The number of halogens is 1. The van der Waals surface area contributed by atoms with E-state index in [1.807, 2.05) is 0 Å². The molecule has 1 saturated heterocycles. The molecule has 4 fully saturated rings. The largest absolute Gasteiger partial charge is 0.388 e. The Kier molecular flexibility index (Phi) is 10.1. The zero-order chi connectivity index (χ0) is 27.3. The fraction of sp³-hybridized carbons (Fsp3) is 0.862. The summed E-state index contributed by atoms with van der Waals surface area (Å²) in [5, 5.41) is 12.0. The highest BCUT2D eigenvalue weighted by molar-refractivity contribution is 7.93. The lowest BCUT2D eigenvalue weighted by Crippen LogP contribution is -2.52. The maximum absolute atomic E-state index is 13.7. The van der Waals surface area contributed by atoms with Gasteiger partial charge >= 0.3 is 0 Å². The normalized spacial score (nSPS) is 38.6. The lowest BCUT2D eigenvalue weighted by atomic mass is 9.57. The Morgan fingerprint density at radius 2 is 1.87 bits per heavy atom. The maximum Gasteiger partial charge on any atom is 0.258 e. The Balaban J connectivity index is 1.54. The second-order valence-electron chi connectivity index (χ2n) is 12.7. The molecule has 216 valence electrons. The predicted octanol–water partition coefficient (Wildman–Crippen LogP) is 5.03. The first kappa shape index (κ1) is 29.7. The Hall–Kier alpha value is -1.32. The van der Waals surface area contributed by atoms with Crippen LogP contribution >= 0.6 is 0 Å². The molecule has 5 unspecified atom stereocenters. The van der Waals surface area contributed by atoms with E-state index >= 15 is 0 Å². The van der Waals surface area contributed by atoms with Crippen LogP contribution in [0.4, 0.5) is 4.39 Å². The molecule has 1 aliphatic heterocycles. The standard InChI is InChI=1S/C29H50FN5O2S/c1-21-16-27(34-25-10-8-24(30)9-11-25)23(19-31)17-26(21)29(18-22-6-4-3-5-7-22)13-15-35(20-29)38(36,37)28(32)12-14-33-2/h12,14,19,21-27,31,34H,3-11,13,15-18,20,32H2,1-2H3. The van der Waals surface area contributed by atoms with Crippen LogP contribution in [-0.4, -0.2) is 63.5 Å². The first-order chi connectivity index (χ1) is 18.2. The van der Waals surface area contributed by atoms with E-state index in [-0.39, 0.29) is 22.4 Å². The summed E-state index contributed by atoms with van der Waals surface area (Å²) in [5.74, 6) is 1.55. The highest BCUT2D eigenvalue weighted by atomic mass is 32.2. The summed E-state index contributed by atoms with van der Waals surface area (Å²) in [7, 11) is -2.14. The monoisotopic (exact) mass is 551 g/mol. The van der Waals surface area contributed by atoms with Crippen molar-refractivity contribution in [3.8, 4) is 0 Å². The molecule has 7 nitrogen and oxygen atoms in total. The fourth-order valence-electron chi connectivity index (χ4n) is 8.21. The summed E-state index contributed by atoms with van der Waals surface area (Å²) in [6, 6.07) is 0.572. The Bertz CT molecular complexity index is 958. The molecular weight excluding hydrogens is 501 g/mol. The van der Waals surface area contributed by atoms with Gasteiger partial charge in [0.1, 0.15) is 11.2 Å². The van der Waals surface area contributed by atoms with Gasteiger partial charge in [-0.3, -0.25) is 4.99 Å². The first-order valence-electron chi connectivity index (χ1n) is 15.0. The van der Waals surface area contributed by atoms with E-state index in [4.69, 9.17) is 11.1 Å². The van der Waals surface area contributed by atoms with Crippen molar-refractivity contribution in [2.75, 3.05) is 20.1 Å². The van der Waals surface area contributed by atoms with Crippen LogP contribution in [0.2, 0.25) is 0 Å². The number of allylic oxidation sites excluding steroid dienone is 1. The van der Waals surface area contributed by atoms with Gasteiger partial charge in [-0.05, 0) is 86.8 Å². The van der Waals surface area contributed by atoms with Crippen molar-refractivity contribution >= 4 is 22.5 Å². The second-order valence-corrected chi connectivity index (χ2v) is 14.7. The third kappa shape index (κ3) is 6.69. The number of rotatable bonds is 9. The van der Waals surface area contributed by atoms with Gasteiger partial charge in [-0.25, -0.2) is 12.8 Å². The summed E-state index contributed by atoms with van der Waals surface area (Å²) in [6.07, 6.45) is 16.9. The van der Waals surface area contributed by atoms with E-state index in [9.17, 15) is 12.8 Å². The van der Waals surface area contributed by atoms with E-state index < -0.39 is 16.2 Å². The van der Waals surface area contributed by atoms with E-state index in [2.05, 4.69) is 17.2 Å². The number of aliphatic imine (C=N–C) groups is 1. The molecule has 0 bridgehead atoms. The predicted molar refractivity (Wildman–Crippen MR) is 154 cm³/mol. The zero-order valence-corrected chi connectivity index (χ0v) is 24.3. The molecule has 0 aromatic heterocycles. The zero-order valence-electron chi connectivity index (χ0n) is 23.5. The summed E-state index contributed by atoms with van der Waals surface area (Å²) in [6.45, 7) is 3.35. The van der Waals surface area contributed by atoms with Crippen LogP contribution in [0.3, 0.4) is 0 Å². The van der Waals surface area contributed by atoms with Crippen molar-refractivity contribution < 1.29 is 12.8 Å². The highest BCUT2D eigenvalue weighted by Gasteiger charge is 2.52. The molecule has 0 spiro atoms. The molecule has 1 heterocycles. The number of nitrogens with two attached hydrogens (primary N) is 1. The second kappa shape index (κ2) is 12.9. The molecule has 3 saturated carbocycles. The smallest absolute Gasteiger partial charge is 0.258 e. The van der Waals surface area contributed by atoms with Crippen LogP contribution in [0.15, 0.2) is 16.1 Å². The molecule has 0 aromatic rings.